The SMILES string of the molecule is CN=CC1CCC=C1O. The van der Waals surface area contributed by atoms with Gasteiger partial charge in [0.1, 0.15) is 0 Å². The maximum absolute atomic E-state index is 9.09. The molecule has 1 N–H and O–H groups in total. The molecule has 0 bridgehead atoms. The number of allylic oxidation sites excluding steroid dienone is 2. The van der Waals surface area contributed by atoms with Gasteiger partial charge in [0, 0.05) is 13.3 Å². The maximum Gasteiger partial charge on any atom is 0.0967 e. The number of aliphatic hydroxyl groups excluding tert-OH is 1. The second-order valence-corrected chi connectivity index (χ2v) is 2.22. The van der Waals surface area contributed by atoms with Gasteiger partial charge in [0.05, 0.1) is 11.7 Å². The van der Waals surface area contributed by atoms with E-state index < -0.39 is 0 Å². The number of rotatable bonds is 1. The van der Waals surface area contributed by atoms with Crippen molar-refractivity contribution in [1.82, 2.24) is 0 Å². The highest BCUT2D eigenvalue weighted by molar-refractivity contribution is 5.64. The van der Waals surface area contributed by atoms with E-state index in [4.69, 9.17) is 5.11 Å². The number of aliphatic hydroxyl groups is 1. The van der Waals surface area contributed by atoms with E-state index in [-0.39, 0.29) is 5.92 Å². The molecular formula is C7H11NO. The molecule has 0 saturated carbocycles. The Morgan fingerprint density at radius 3 is 3.11 bits per heavy atom. The van der Waals surface area contributed by atoms with Gasteiger partial charge in [-0.25, -0.2) is 0 Å². The molecule has 0 aliphatic heterocycles. The van der Waals surface area contributed by atoms with Crippen molar-refractivity contribution in [2.24, 2.45) is 10.9 Å². The van der Waals surface area contributed by atoms with Crippen LogP contribution in [0.1, 0.15) is 12.8 Å². The van der Waals surface area contributed by atoms with Crippen molar-refractivity contribution in [3.8, 4) is 0 Å². The minimum absolute atomic E-state index is 0.204. The fraction of sp³-hybridized carbons (Fsp3) is 0.571. The van der Waals surface area contributed by atoms with Crippen LogP contribution in [-0.4, -0.2) is 18.4 Å². The summed E-state index contributed by atoms with van der Waals surface area (Å²) in [6.45, 7) is 0. The van der Waals surface area contributed by atoms with Gasteiger partial charge in [0.25, 0.3) is 0 Å². The van der Waals surface area contributed by atoms with Crippen molar-refractivity contribution in [2.75, 3.05) is 7.05 Å². The molecule has 0 aromatic heterocycles. The molecule has 0 fully saturated rings. The van der Waals surface area contributed by atoms with E-state index >= 15 is 0 Å². The molecule has 50 valence electrons. The van der Waals surface area contributed by atoms with Crippen molar-refractivity contribution < 1.29 is 5.11 Å². The molecule has 1 aliphatic carbocycles. The Hall–Kier alpha value is -0.790. The van der Waals surface area contributed by atoms with Gasteiger partial charge in [-0.15, -0.1) is 0 Å². The third-order valence-corrected chi connectivity index (χ3v) is 1.54. The second-order valence-electron chi connectivity index (χ2n) is 2.22. The summed E-state index contributed by atoms with van der Waals surface area (Å²) in [6, 6.07) is 0. The molecule has 0 aromatic carbocycles. The van der Waals surface area contributed by atoms with Crippen LogP contribution in [0.3, 0.4) is 0 Å². The first kappa shape index (κ1) is 6.33. The first-order valence-electron chi connectivity index (χ1n) is 3.16. The molecule has 0 saturated heterocycles. The third kappa shape index (κ3) is 1.31. The van der Waals surface area contributed by atoms with Crippen LogP contribution >= 0.6 is 0 Å². The van der Waals surface area contributed by atoms with Gasteiger partial charge in [-0.05, 0) is 18.9 Å². The predicted molar refractivity (Wildman–Crippen MR) is 37.9 cm³/mol. The lowest BCUT2D eigenvalue weighted by Crippen LogP contribution is -1.99. The van der Waals surface area contributed by atoms with E-state index in [1.165, 1.54) is 0 Å². The normalized spacial score (nSPS) is 27.2. The van der Waals surface area contributed by atoms with Crippen molar-refractivity contribution in [1.29, 1.82) is 0 Å². The fourth-order valence-corrected chi connectivity index (χ4v) is 1.04. The van der Waals surface area contributed by atoms with Gasteiger partial charge in [-0.2, -0.15) is 0 Å². The van der Waals surface area contributed by atoms with E-state index in [1.807, 2.05) is 6.08 Å². The highest BCUT2D eigenvalue weighted by atomic mass is 16.3. The number of hydrogen-bond acceptors (Lipinski definition) is 2. The summed E-state index contributed by atoms with van der Waals surface area (Å²) in [5, 5.41) is 9.09. The summed E-state index contributed by atoms with van der Waals surface area (Å²) in [6.07, 6.45) is 5.65. The molecule has 0 heterocycles. The molecule has 0 spiro atoms. The lowest BCUT2D eigenvalue weighted by atomic mass is 10.1. The maximum atomic E-state index is 9.09. The van der Waals surface area contributed by atoms with E-state index in [1.54, 1.807) is 13.3 Å². The zero-order valence-electron chi connectivity index (χ0n) is 5.54. The van der Waals surface area contributed by atoms with Crippen LogP contribution in [0.25, 0.3) is 0 Å². The Kier molecular flexibility index (Phi) is 1.88. The molecule has 0 amide bonds. The van der Waals surface area contributed by atoms with Crippen molar-refractivity contribution in [3.05, 3.63) is 11.8 Å². The summed E-state index contributed by atoms with van der Waals surface area (Å²) in [5.74, 6) is 0.690. The van der Waals surface area contributed by atoms with E-state index in [9.17, 15) is 0 Å². The lowest BCUT2D eigenvalue weighted by Gasteiger charge is -1.99. The van der Waals surface area contributed by atoms with Gasteiger partial charge in [0.15, 0.2) is 0 Å². The van der Waals surface area contributed by atoms with Crippen molar-refractivity contribution in [3.63, 3.8) is 0 Å². The molecule has 2 nitrogen and oxygen atoms in total. The van der Waals surface area contributed by atoms with Gasteiger partial charge in [0.2, 0.25) is 0 Å². The molecule has 0 radical (unpaired) electrons. The summed E-state index contributed by atoms with van der Waals surface area (Å²) in [4.78, 5) is 3.84. The van der Waals surface area contributed by atoms with Gasteiger partial charge in [-0.3, -0.25) is 0 Å². The van der Waals surface area contributed by atoms with Gasteiger partial charge < -0.3 is 10.1 Å². The largest absolute Gasteiger partial charge is 0.512 e. The van der Waals surface area contributed by atoms with Crippen LogP contribution in [0.15, 0.2) is 16.8 Å². The Bertz CT molecular complexity index is 149. The minimum Gasteiger partial charge on any atom is -0.512 e. The topological polar surface area (TPSA) is 32.6 Å². The molecule has 1 atom stereocenters. The molecule has 2 heteroatoms. The monoisotopic (exact) mass is 125 g/mol. The Morgan fingerprint density at radius 1 is 1.89 bits per heavy atom. The van der Waals surface area contributed by atoms with Crippen LogP contribution in [0.5, 0.6) is 0 Å². The summed E-state index contributed by atoms with van der Waals surface area (Å²) in [7, 11) is 1.73. The number of nitrogens with zero attached hydrogens (tertiary/aromatic N) is 1. The highest BCUT2D eigenvalue weighted by Gasteiger charge is 2.14. The van der Waals surface area contributed by atoms with Crippen LogP contribution in [0.2, 0.25) is 0 Å². The van der Waals surface area contributed by atoms with E-state index in [0.29, 0.717) is 5.76 Å². The highest BCUT2D eigenvalue weighted by Crippen LogP contribution is 2.20. The molecule has 1 aliphatic rings. The molecule has 1 rings (SSSR count). The van der Waals surface area contributed by atoms with Crippen LogP contribution < -0.4 is 0 Å². The lowest BCUT2D eigenvalue weighted by molar-refractivity contribution is 0.376. The van der Waals surface area contributed by atoms with E-state index in [0.717, 1.165) is 12.8 Å². The average Bonchev–Trinajstić information content (AvgIpc) is 2.18. The molecule has 1 unspecified atom stereocenters. The smallest absolute Gasteiger partial charge is 0.0967 e. The summed E-state index contributed by atoms with van der Waals surface area (Å²) >= 11 is 0. The molecule has 9 heavy (non-hydrogen) atoms. The Morgan fingerprint density at radius 2 is 2.67 bits per heavy atom. The quantitative estimate of drug-likeness (QED) is 0.530. The first-order valence-corrected chi connectivity index (χ1v) is 3.16. The molecular weight excluding hydrogens is 114 g/mol. The standard InChI is InChI=1S/C7H11NO/c1-8-5-6-3-2-4-7(6)9/h4-6,9H,2-3H2,1H3. The van der Waals surface area contributed by atoms with E-state index in [2.05, 4.69) is 4.99 Å². The molecule has 0 aromatic rings. The number of aliphatic imine (C=N–C) groups is 1. The Balaban J connectivity index is 2.53. The van der Waals surface area contributed by atoms with Crippen molar-refractivity contribution in [2.45, 2.75) is 12.8 Å². The third-order valence-electron chi connectivity index (χ3n) is 1.54. The predicted octanol–water partition coefficient (Wildman–Crippen LogP) is 1.54. The van der Waals surface area contributed by atoms with Crippen molar-refractivity contribution >= 4 is 6.21 Å². The summed E-state index contributed by atoms with van der Waals surface area (Å²) in [5.41, 5.74) is 0. The van der Waals surface area contributed by atoms with Gasteiger partial charge >= 0.3 is 0 Å². The zero-order valence-corrected chi connectivity index (χ0v) is 5.54. The van der Waals surface area contributed by atoms with Crippen LogP contribution in [0, 0.1) is 5.92 Å². The van der Waals surface area contributed by atoms with Crippen LogP contribution in [-0.2, 0) is 0 Å². The van der Waals surface area contributed by atoms with Gasteiger partial charge in [-0.1, -0.05) is 0 Å². The number of hydrogen-bond donors (Lipinski definition) is 1. The first-order chi connectivity index (χ1) is 4.34. The average molecular weight is 125 g/mol. The zero-order chi connectivity index (χ0) is 6.69. The summed E-state index contributed by atoms with van der Waals surface area (Å²) < 4.78 is 0. The van der Waals surface area contributed by atoms with Crippen LogP contribution in [0.4, 0.5) is 0 Å². The Labute approximate surface area is 54.9 Å². The minimum atomic E-state index is 0.204. The fourth-order valence-electron chi connectivity index (χ4n) is 1.04. The second kappa shape index (κ2) is 2.67.